The fraction of sp³-hybridized carbons (Fsp3) is 0.429. The SMILES string of the molecule is Cc1oc(=O)oc1COC(=O)[C@@H]1N2C(=O)[C@@H](NC(=O)C(N)c3ccccc3)[C@H]2SC1(C)C.Cl. The van der Waals surface area contributed by atoms with Crippen LogP contribution in [0.4, 0.5) is 0 Å². The zero-order valence-electron chi connectivity index (χ0n) is 18.1. The van der Waals surface area contributed by atoms with E-state index in [0.717, 1.165) is 0 Å². The quantitative estimate of drug-likeness (QED) is 0.444. The lowest BCUT2D eigenvalue weighted by Crippen LogP contribution is -2.71. The molecule has 0 radical (unpaired) electrons. The predicted octanol–water partition coefficient (Wildman–Crippen LogP) is 1.25. The third-order valence-corrected chi connectivity index (χ3v) is 7.16. The Kier molecular flexibility index (Phi) is 6.96. The molecule has 0 bridgehead atoms. The Hall–Kier alpha value is -2.76. The minimum absolute atomic E-state index is 0. The lowest BCUT2D eigenvalue weighted by molar-refractivity contribution is -0.165. The molecule has 12 heteroatoms. The van der Waals surface area contributed by atoms with Crippen molar-refractivity contribution in [1.29, 1.82) is 0 Å². The van der Waals surface area contributed by atoms with Crippen LogP contribution in [0.5, 0.6) is 0 Å². The number of amides is 2. The molecule has 1 aromatic heterocycles. The molecule has 10 nitrogen and oxygen atoms in total. The molecule has 1 aromatic carbocycles. The van der Waals surface area contributed by atoms with Crippen LogP contribution < -0.4 is 16.9 Å². The van der Waals surface area contributed by atoms with E-state index in [1.54, 1.807) is 24.3 Å². The largest absolute Gasteiger partial charge is 0.519 e. The monoisotopic (exact) mass is 497 g/mol. The molecule has 0 aliphatic carbocycles. The number of thioether (sulfide) groups is 1. The second kappa shape index (κ2) is 9.24. The van der Waals surface area contributed by atoms with E-state index in [9.17, 15) is 19.2 Å². The maximum absolute atomic E-state index is 12.8. The van der Waals surface area contributed by atoms with E-state index in [0.29, 0.717) is 5.56 Å². The summed E-state index contributed by atoms with van der Waals surface area (Å²) in [6, 6.07) is 6.30. The van der Waals surface area contributed by atoms with E-state index < -0.39 is 45.9 Å². The van der Waals surface area contributed by atoms with E-state index in [4.69, 9.17) is 19.3 Å². The summed E-state index contributed by atoms with van der Waals surface area (Å²) in [7, 11) is 0. The smallest absolute Gasteiger partial charge is 0.456 e. The first-order valence-electron chi connectivity index (χ1n) is 9.97. The van der Waals surface area contributed by atoms with Gasteiger partial charge in [0, 0.05) is 4.75 Å². The molecule has 2 aliphatic heterocycles. The summed E-state index contributed by atoms with van der Waals surface area (Å²) in [5.41, 5.74) is 6.66. The van der Waals surface area contributed by atoms with Gasteiger partial charge in [-0.05, 0) is 26.3 Å². The Labute approximate surface area is 199 Å². The first-order valence-corrected chi connectivity index (χ1v) is 10.8. The Bertz CT molecular complexity index is 1120. The zero-order chi connectivity index (χ0) is 23.2. The van der Waals surface area contributed by atoms with Crippen molar-refractivity contribution in [2.45, 2.75) is 55.6 Å². The second-order valence-electron chi connectivity index (χ2n) is 8.18. The van der Waals surface area contributed by atoms with Crippen molar-refractivity contribution >= 4 is 42.0 Å². The van der Waals surface area contributed by atoms with Gasteiger partial charge >= 0.3 is 11.8 Å². The zero-order valence-corrected chi connectivity index (χ0v) is 19.7. The van der Waals surface area contributed by atoms with Gasteiger partial charge in [0.25, 0.3) is 0 Å². The van der Waals surface area contributed by atoms with Crippen molar-refractivity contribution in [3.63, 3.8) is 0 Å². The molecular weight excluding hydrogens is 474 g/mol. The lowest BCUT2D eigenvalue weighted by Gasteiger charge is -2.44. The van der Waals surface area contributed by atoms with Crippen LogP contribution in [0.25, 0.3) is 0 Å². The first kappa shape index (κ1) is 24.9. The van der Waals surface area contributed by atoms with Crippen LogP contribution in [-0.2, 0) is 25.7 Å². The normalized spacial score (nSPS) is 23.7. The minimum atomic E-state index is -0.911. The summed E-state index contributed by atoms with van der Waals surface area (Å²) in [6.07, 6.45) is 0. The van der Waals surface area contributed by atoms with Gasteiger partial charge in [0.15, 0.2) is 18.1 Å². The molecular formula is C21H24ClN3O7S. The minimum Gasteiger partial charge on any atom is -0.456 e. The molecule has 2 aliphatic rings. The van der Waals surface area contributed by atoms with Gasteiger partial charge in [0.1, 0.15) is 23.5 Å². The number of aryl methyl sites for hydroxylation is 1. The summed E-state index contributed by atoms with van der Waals surface area (Å²) >= 11 is 1.40. The molecule has 4 rings (SSSR count). The molecule has 2 aromatic rings. The highest BCUT2D eigenvalue weighted by atomic mass is 35.5. The van der Waals surface area contributed by atoms with Gasteiger partial charge in [0.2, 0.25) is 11.8 Å². The van der Waals surface area contributed by atoms with Gasteiger partial charge in [-0.15, -0.1) is 24.2 Å². The van der Waals surface area contributed by atoms with Crippen molar-refractivity contribution in [1.82, 2.24) is 10.2 Å². The van der Waals surface area contributed by atoms with Crippen molar-refractivity contribution in [2.75, 3.05) is 0 Å². The van der Waals surface area contributed by atoms with E-state index in [1.165, 1.54) is 23.6 Å². The number of nitrogens with zero attached hydrogens (tertiary/aromatic N) is 1. The standard InChI is InChI=1S/C21H23N3O7S.ClH/c1-10-12(31-20(28)30-10)9-29-19(27)15-21(2,3)32-18-14(17(26)24(15)18)23-16(25)13(22)11-7-5-4-6-8-11;/h4-8,13-15,18H,9,22H2,1-3H3,(H,23,25);1H/t13?,14-,15+,18-;/m1./s1. The van der Waals surface area contributed by atoms with E-state index in [1.807, 2.05) is 19.9 Å². The molecule has 33 heavy (non-hydrogen) atoms. The number of ether oxygens (including phenoxy) is 1. The number of nitrogens with one attached hydrogen (secondary N) is 1. The Morgan fingerprint density at radius 3 is 2.52 bits per heavy atom. The van der Waals surface area contributed by atoms with E-state index in [2.05, 4.69) is 5.32 Å². The van der Waals surface area contributed by atoms with Crippen LogP contribution in [-0.4, -0.2) is 44.9 Å². The molecule has 2 fully saturated rings. The number of esters is 1. The summed E-state index contributed by atoms with van der Waals surface area (Å²) in [6.45, 7) is 4.89. The van der Waals surface area contributed by atoms with Crippen molar-refractivity contribution < 1.29 is 28.0 Å². The number of halogens is 1. The van der Waals surface area contributed by atoms with E-state index in [-0.39, 0.29) is 36.4 Å². The molecule has 2 amide bonds. The van der Waals surface area contributed by atoms with Gasteiger partial charge in [-0.25, -0.2) is 9.59 Å². The number of hydrogen-bond donors (Lipinski definition) is 2. The number of rotatable bonds is 6. The number of fused-ring (bicyclic) bond motifs is 1. The van der Waals surface area contributed by atoms with Crippen LogP contribution in [0.1, 0.15) is 37.0 Å². The molecule has 2 saturated heterocycles. The molecule has 0 saturated carbocycles. The lowest BCUT2D eigenvalue weighted by atomic mass is 9.95. The highest BCUT2D eigenvalue weighted by Crippen LogP contribution is 2.51. The fourth-order valence-corrected chi connectivity index (χ4v) is 5.52. The van der Waals surface area contributed by atoms with Crippen LogP contribution in [0.3, 0.4) is 0 Å². The highest BCUT2D eigenvalue weighted by molar-refractivity contribution is 8.01. The molecule has 3 heterocycles. The average Bonchev–Trinajstić information content (AvgIpc) is 3.22. The van der Waals surface area contributed by atoms with Gasteiger partial charge < -0.3 is 29.5 Å². The summed E-state index contributed by atoms with van der Waals surface area (Å²) in [5.74, 6) is -2.03. The van der Waals surface area contributed by atoms with Crippen molar-refractivity contribution in [2.24, 2.45) is 5.73 Å². The van der Waals surface area contributed by atoms with Crippen LogP contribution in [0.2, 0.25) is 0 Å². The van der Waals surface area contributed by atoms with Gasteiger partial charge in [-0.3, -0.25) is 9.59 Å². The van der Waals surface area contributed by atoms with Crippen LogP contribution >= 0.6 is 24.2 Å². The van der Waals surface area contributed by atoms with Gasteiger partial charge in [-0.2, -0.15) is 0 Å². The highest BCUT2D eigenvalue weighted by Gasteiger charge is 2.64. The Morgan fingerprint density at radius 1 is 1.24 bits per heavy atom. The number of nitrogens with two attached hydrogens (primary N) is 1. The molecule has 1 unspecified atom stereocenters. The molecule has 0 spiro atoms. The van der Waals surface area contributed by atoms with Crippen LogP contribution in [0, 0.1) is 6.92 Å². The number of carbonyl (C=O) groups excluding carboxylic acids is 3. The third-order valence-electron chi connectivity index (χ3n) is 5.58. The third kappa shape index (κ3) is 4.53. The van der Waals surface area contributed by atoms with Crippen LogP contribution in [0.15, 0.2) is 44.0 Å². The second-order valence-corrected chi connectivity index (χ2v) is 9.95. The summed E-state index contributed by atoms with van der Waals surface area (Å²) in [4.78, 5) is 50.8. The average molecular weight is 498 g/mol. The van der Waals surface area contributed by atoms with Gasteiger partial charge in [0.05, 0.1) is 0 Å². The summed E-state index contributed by atoms with van der Waals surface area (Å²) in [5, 5.41) is 2.29. The Morgan fingerprint density at radius 2 is 1.91 bits per heavy atom. The Balaban J connectivity index is 0.00000306. The number of carbonyl (C=O) groups is 3. The number of hydrogen-bond acceptors (Lipinski definition) is 9. The number of benzene rings is 1. The molecule has 178 valence electrons. The maximum atomic E-state index is 12.8. The topological polar surface area (TPSA) is 145 Å². The van der Waals surface area contributed by atoms with Gasteiger partial charge in [-0.1, -0.05) is 30.3 Å². The predicted molar refractivity (Wildman–Crippen MR) is 120 cm³/mol. The van der Waals surface area contributed by atoms with Crippen molar-refractivity contribution in [3.05, 3.63) is 58.0 Å². The summed E-state index contributed by atoms with van der Waals surface area (Å²) < 4.78 is 14.2. The molecule has 3 N–H and O–H groups in total. The van der Waals surface area contributed by atoms with Crippen molar-refractivity contribution in [3.8, 4) is 0 Å². The maximum Gasteiger partial charge on any atom is 0.519 e. The molecule has 4 atom stereocenters. The first-order chi connectivity index (χ1) is 15.1. The number of β-lactam (4-membered cyclic amide) rings is 1. The fourth-order valence-electron chi connectivity index (χ4n) is 3.90. The van der Waals surface area contributed by atoms with E-state index >= 15 is 0 Å².